The fraction of sp³-hybridized carbons (Fsp3) is 0.923. The molecular weight excluding hydrogens is 204 g/mol. The summed E-state index contributed by atoms with van der Waals surface area (Å²) in [6.45, 7) is 9.97. The van der Waals surface area contributed by atoms with Crippen LogP contribution in [0.4, 0.5) is 0 Å². The second-order valence-corrected chi connectivity index (χ2v) is 5.47. The van der Waals surface area contributed by atoms with Crippen molar-refractivity contribution in [3.8, 4) is 0 Å². The topological polar surface area (TPSA) is 46.5 Å². The summed E-state index contributed by atoms with van der Waals surface area (Å²) in [7, 11) is 0. The lowest BCUT2D eigenvalue weighted by Crippen LogP contribution is -2.54. The van der Waals surface area contributed by atoms with Gasteiger partial charge in [-0.05, 0) is 38.5 Å². The van der Waals surface area contributed by atoms with Crippen LogP contribution < -0.4 is 0 Å². The third-order valence-electron chi connectivity index (χ3n) is 4.32. The van der Waals surface area contributed by atoms with E-state index in [9.17, 15) is 9.90 Å². The average molecular weight is 228 g/mol. The molecule has 0 spiro atoms. The van der Waals surface area contributed by atoms with Crippen molar-refractivity contribution in [2.45, 2.75) is 53.1 Å². The Morgan fingerprint density at radius 1 is 1.56 bits per heavy atom. The molecule has 0 amide bonds. The average Bonchev–Trinajstić information content (AvgIpc) is 2.45. The predicted molar refractivity (Wildman–Crippen MR) is 62.9 cm³/mol. The molecule has 1 fully saturated rings. The number of esters is 1. The highest BCUT2D eigenvalue weighted by atomic mass is 16.5. The number of aliphatic hydroxyl groups is 1. The highest BCUT2D eigenvalue weighted by Crippen LogP contribution is 2.54. The smallest absolute Gasteiger partial charge is 0.314 e. The van der Waals surface area contributed by atoms with E-state index in [1.165, 1.54) is 0 Å². The minimum absolute atomic E-state index is 0.0550. The monoisotopic (exact) mass is 228 g/mol. The van der Waals surface area contributed by atoms with Crippen LogP contribution in [0.1, 0.15) is 47.5 Å². The van der Waals surface area contributed by atoms with Crippen LogP contribution in [0.5, 0.6) is 0 Å². The Bertz CT molecular complexity index is 274. The summed E-state index contributed by atoms with van der Waals surface area (Å²) < 4.78 is 5.12. The van der Waals surface area contributed by atoms with E-state index in [2.05, 4.69) is 0 Å². The molecule has 1 aliphatic rings. The van der Waals surface area contributed by atoms with Crippen molar-refractivity contribution < 1.29 is 14.6 Å². The largest absolute Gasteiger partial charge is 0.465 e. The minimum Gasteiger partial charge on any atom is -0.465 e. The van der Waals surface area contributed by atoms with E-state index in [-0.39, 0.29) is 17.8 Å². The molecule has 16 heavy (non-hydrogen) atoms. The zero-order valence-corrected chi connectivity index (χ0v) is 11.0. The summed E-state index contributed by atoms with van der Waals surface area (Å²) in [6, 6.07) is 0. The van der Waals surface area contributed by atoms with Gasteiger partial charge in [-0.25, -0.2) is 0 Å². The van der Waals surface area contributed by atoms with E-state index in [0.717, 1.165) is 6.42 Å². The summed E-state index contributed by atoms with van der Waals surface area (Å²) in [6.07, 6.45) is 1.59. The molecule has 3 nitrogen and oxygen atoms in total. The van der Waals surface area contributed by atoms with Gasteiger partial charge in [-0.2, -0.15) is 0 Å². The first-order chi connectivity index (χ1) is 7.30. The fourth-order valence-electron chi connectivity index (χ4n) is 3.23. The van der Waals surface area contributed by atoms with Crippen LogP contribution in [-0.4, -0.2) is 23.3 Å². The molecule has 0 aromatic carbocycles. The maximum atomic E-state index is 12.1. The first-order valence-electron chi connectivity index (χ1n) is 6.20. The molecule has 0 unspecified atom stereocenters. The number of ether oxygens (including phenoxy) is 1. The van der Waals surface area contributed by atoms with Crippen molar-refractivity contribution >= 4 is 5.97 Å². The van der Waals surface area contributed by atoms with Gasteiger partial charge in [0.1, 0.15) is 0 Å². The number of hydrogen-bond donors (Lipinski definition) is 1. The van der Waals surface area contributed by atoms with E-state index in [0.29, 0.717) is 13.0 Å². The van der Waals surface area contributed by atoms with E-state index >= 15 is 0 Å². The van der Waals surface area contributed by atoms with Crippen LogP contribution in [0, 0.1) is 17.3 Å². The molecule has 0 radical (unpaired) electrons. The summed E-state index contributed by atoms with van der Waals surface area (Å²) in [5.41, 5.74) is -1.70. The molecule has 3 atom stereocenters. The molecule has 1 rings (SSSR count). The van der Waals surface area contributed by atoms with Gasteiger partial charge in [0.25, 0.3) is 0 Å². The lowest BCUT2D eigenvalue weighted by atomic mass is 9.67. The Labute approximate surface area is 98.2 Å². The van der Waals surface area contributed by atoms with Crippen molar-refractivity contribution in [1.29, 1.82) is 0 Å². The molecule has 0 saturated heterocycles. The van der Waals surface area contributed by atoms with Crippen LogP contribution in [0.15, 0.2) is 0 Å². The molecule has 0 aromatic heterocycles. The van der Waals surface area contributed by atoms with Crippen molar-refractivity contribution in [2.24, 2.45) is 17.3 Å². The second kappa shape index (κ2) is 4.36. The van der Waals surface area contributed by atoms with Gasteiger partial charge in [-0.1, -0.05) is 20.8 Å². The van der Waals surface area contributed by atoms with Crippen molar-refractivity contribution in [1.82, 2.24) is 0 Å². The number of rotatable bonds is 3. The SMILES string of the molecule is CCOC(=O)[C@@]1(C)CC[C@H](C)[C@]1(O)C(C)C. The van der Waals surface area contributed by atoms with Crippen molar-refractivity contribution in [3.05, 3.63) is 0 Å². The Morgan fingerprint density at radius 2 is 2.12 bits per heavy atom. The van der Waals surface area contributed by atoms with Crippen LogP contribution in [0.25, 0.3) is 0 Å². The van der Waals surface area contributed by atoms with Gasteiger partial charge in [0.2, 0.25) is 0 Å². The van der Waals surface area contributed by atoms with Gasteiger partial charge in [0.15, 0.2) is 0 Å². The summed E-state index contributed by atoms with van der Waals surface area (Å²) in [4.78, 5) is 12.1. The minimum atomic E-state index is -0.945. The molecule has 0 heterocycles. The van der Waals surface area contributed by atoms with E-state index in [4.69, 9.17) is 4.74 Å². The third-order valence-corrected chi connectivity index (χ3v) is 4.32. The van der Waals surface area contributed by atoms with Crippen LogP contribution in [-0.2, 0) is 9.53 Å². The van der Waals surface area contributed by atoms with Gasteiger partial charge in [-0.3, -0.25) is 4.79 Å². The van der Waals surface area contributed by atoms with Gasteiger partial charge in [-0.15, -0.1) is 0 Å². The van der Waals surface area contributed by atoms with Gasteiger partial charge < -0.3 is 9.84 Å². The molecule has 0 aliphatic heterocycles. The first kappa shape index (κ1) is 13.5. The van der Waals surface area contributed by atoms with Gasteiger partial charge in [0, 0.05) is 0 Å². The zero-order chi connectivity index (χ0) is 12.6. The first-order valence-corrected chi connectivity index (χ1v) is 6.20. The predicted octanol–water partition coefficient (Wildman–Crippen LogP) is 2.37. The molecule has 3 heteroatoms. The Morgan fingerprint density at radius 3 is 2.56 bits per heavy atom. The molecule has 1 saturated carbocycles. The second-order valence-electron chi connectivity index (χ2n) is 5.47. The maximum Gasteiger partial charge on any atom is 0.314 e. The lowest BCUT2D eigenvalue weighted by molar-refractivity contribution is -0.179. The number of carbonyl (C=O) groups is 1. The van der Waals surface area contributed by atoms with E-state index < -0.39 is 11.0 Å². The number of carbonyl (C=O) groups excluding carboxylic acids is 1. The highest BCUT2D eigenvalue weighted by Gasteiger charge is 2.61. The maximum absolute atomic E-state index is 12.1. The number of hydrogen-bond acceptors (Lipinski definition) is 3. The normalized spacial score (nSPS) is 39.1. The Kier molecular flexibility index (Phi) is 3.68. The van der Waals surface area contributed by atoms with Crippen molar-refractivity contribution in [2.75, 3.05) is 6.61 Å². The van der Waals surface area contributed by atoms with Gasteiger partial charge in [0.05, 0.1) is 17.6 Å². The summed E-state index contributed by atoms with van der Waals surface area (Å²) in [5.74, 6) is -0.0585. The van der Waals surface area contributed by atoms with Crippen LogP contribution in [0.2, 0.25) is 0 Å². The van der Waals surface area contributed by atoms with Crippen LogP contribution >= 0.6 is 0 Å². The summed E-state index contributed by atoms with van der Waals surface area (Å²) >= 11 is 0. The zero-order valence-electron chi connectivity index (χ0n) is 11.0. The molecular formula is C13H24O3. The molecule has 1 aliphatic carbocycles. The van der Waals surface area contributed by atoms with E-state index in [1.54, 1.807) is 6.92 Å². The standard InChI is InChI=1S/C13H24O3/c1-6-16-11(14)12(5)8-7-10(4)13(12,15)9(2)3/h9-10,15H,6-8H2,1-5H3/t10-,12+,13+/m0/s1. The fourth-order valence-corrected chi connectivity index (χ4v) is 3.23. The van der Waals surface area contributed by atoms with Crippen LogP contribution in [0.3, 0.4) is 0 Å². The van der Waals surface area contributed by atoms with Crippen molar-refractivity contribution in [3.63, 3.8) is 0 Å². The lowest BCUT2D eigenvalue weighted by Gasteiger charge is -2.43. The molecule has 0 aromatic rings. The van der Waals surface area contributed by atoms with Gasteiger partial charge >= 0.3 is 5.97 Å². The molecule has 94 valence electrons. The molecule has 1 N–H and O–H groups in total. The Balaban J connectivity index is 3.07. The highest BCUT2D eigenvalue weighted by molar-refractivity contribution is 5.78. The third kappa shape index (κ3) is 1.65. The quantitative estimate of drug-likeness (QED) is 0.754. The van der Waals surface area contributed by atoms with E-state index in [1.807, 2.05) is 27.7 Å². The summed E-state index contributed by atoms with van der Waals surface area (Å²) in [5, 5.41) is 10.9. The molecule has 0 bridgehead atoms. The Hall–Kier alpha value is -0.570.